The van der Waals surface area contributed by atoms with Crippen molar-refractivity contribution >= 4 is 18.2 Å². The summed E-state index contributed by atoms with van der Waals surface area (Å²) >= 11 is 0. The zero-order chi connectivity index (χ0) is 36.3. The van der Waals surface area contributed by atoms with Crippen LogP contribution in [0.15, 0.2) is 29.4 Å². The molecule has 3 rings (SSSR count). The molecule has 0 saturated heterocycles. The Hall–Kier alpha value is -3.45. The van der Waals surface area contributed by atoms with Crippen LogP contribution in [0.3, 0.4) is 0 Å². The zero-order valence-electron chi connectivity index (χ0n) is 30.7. The maximum Gasteiger partial charge on any atom is 0.336 e. The average molecular weight is 669 g/mol. The number of hydrogen-bond donors (Lipinski definition) is 0. The van der Waals surface area contributed by atoms with Gasteiger partial charge in [0, 0.05) is 19.6 Å². The number of hydrogen-bond acceptors (Lipinski definition) is 9. The number of rotatable bonds is 12. The van der Waals surface area contributed by atoms with E-state index in [-0.39, 0.29) is 59.9 Å². The largest absolute Gasteiger partial charge is 0.336 e. The van der Waals surface area contributed by atoms with Gasteiger partial charge in [0.15, 0.2) is 0 Å². The standard InChI is InChI=1S/C36H56N6O6/c1-25(11-26(37-22-43)12-32(2,3)4)17-40-29(46)41(20-35(9)15-27(38-23-44)13-33(5,6)18-35)31(48)42(30(40)47)21-36(10)16-28(39-24-45)14-34(7,8)19-36/h25-28H,11-21H2,1-10H3. The third-order valence-electron chi connectivity index (χ3n) is 10.0. The zero-order valence-corrected chi connectivity index (χ0v) is 30.7. The molecule has 266 valence electrons. The topological polar surface area (TPSA) is 154 Å². The van der Waals surface area contributed by atoms with E-state index < -0.39 is 27.9 Å². The van der Waals surface area contributed by atoms with Gasteiger partial charge in [-0.3, -0.25) is 0 Å². The van der Waals surface area contributed by atoms with Gasteiger partial charge in [0.1, 0.15) is 0 Å². The molecule has 0 N–H and O–H groups in total. The van der Waals surface area contributed by atoms with E-state index in [1.54, 1.807) is 18.2 Å². The Morgan fingerprint density at radius 3 is 1.50 bits per heavy atom. The van der Waals surface area contributed by atoms with Crippen LogP contribution in [-0.2, 0) is 34.0 Å². The summed E-state index contributed by atoms with van der Waals surface area (Å²) in [6.07, 6.45) is 9.84. The number of aromatic nitrogens is 3. The van der Waals surface area contributed by atoms with Crippen LogP contribution in [0.1, 0.15) is 121 Å². The third-order valence-corrected chi connectivity index (χ3v) is 10.0. The van der Waals surface area contributed by atoms with Crippen molar-refractivity contribution in [1.82, 2.24) is 13.7 Å². The van der Waals surface area contributed by atoms with Crippen molar-refractivity contribution in [3.8, 4) is 0 Å². The molecule has 0 radical (unpaired) electrons. The van der Waals surface area contributed by atoms with E-state index >= 15 is 0 Å². The van der Waals surface area contributed by atoms with Gasteiger partial charge in [0.05, 0.1) is 18.1 Å². The maximum atomic E-state index is 14.3. The summed E-state index contributed by atoms with van der Waals surface area (Å²) in [4.78, 5) is 88.5. The summed E-state index contributed by atoms with van der Waals surface area (Å²) in [7, 11) is 0. The molecule has 2 aliphatic rings. The molecule has 0 bridgehead atoms. The minimum atomic E-state index is -0.683. The molecule has 6 atom stereocenters. The van der Waals surface area contributed by atoms with Crippen molar-refractivity contribution in [2.75, 3.05) is 0 Å². The van der Waals surface area contributed by atoms with Crippen molar-refractivity contribution in [2.24, 2.45) is 48.0 Å². The highest BCUT2D eigenvalue weighted by molar-refractivity contribution is 5.34. The first kappa shape index (κ1) is 39.0. The van der Waals surface area contributed by atoms with Gasteiger partial charge < -0.3 is 0 Å². The Morgan fingerprint density at radius 2 is 1.12 bits per heavy atom. The van der Waals surface area contributed by atoms with Gasteiger partial charge >= 0.3 is 17.1 Å². The summed E-state index contributed by atoms with van der Waals surface area (Å²) in [5.74, 6) is -0.231. The normalized spacial score (nSPS) is 27.9. The van der Waals surface area contributed by atoms with Crippen molar-refractivity contribution in [3.05, 3.63) is 31.5 Å². The molecule has 0 spiro atoms. The van der Waals surface area contributed by atoms with Crippen LogP contribution in [0.25, 0.3) is 0 Å². The summed E-state index contributed by atoms with van der Waals surface area (Å²) in [5, 5.41) is 0. The van der Waals surface area contributed by atoms with Crippen molar-refractivity contribution in [1.29, 1.82) is 0 Å². The first-order valence-corrected chi connectivity index (χ1v) is 17.2. The van der Waals surface area contributed by atoms with E-state index in [0.717, 1.165) is 4.57 Å². The second kappa shape index (κ2) is 14.6. The molecule has 2 aliphatic carbocycles. The molecule has 2 saturated carbocycles. The molecular weight excluding hydrogens is 612 g/mol. The van der Waals surface area contributed by atoms with E-state index in [1.165, 1.54) is 9.13 Å². The summed E-state index contributed by atoms with van der Waals surface area (Å²) < 4.78 is 3.53. The molecule has 1 aromatic rings. The fourth-order valence-electron chi connectivity index (χ4n) is 9.42. The Labute approximate surface area is 283 Å². The van der Waals surface area contributed by atoms with E-state index in [2.05, 4.69) is 63.4 Å². The Bertz CT molecular complexity index is 1570. The second-order valence-corrected chi connectivity index (χ2v) is 18.5. The van der Waals surface area contributed by atoms with Gasteiger partial charge in [-0.2, -0.15) is 0 Å². The van der Waals surface area contributed by atoms with E-state index in [4.69, 9.17) is 0 Å². The van der Waals surface area contributed by atoms with Crippen LogP contribution in [0.2, 0.25) is 0 Å². The van der Waals surface area contributed by atoms with Crippen LogP contribution in [0.5, 0.6) is 0 Å². The molecule has 0 aromatic carbocycles. The van der Waals surface area contributed by atoms with Crippen LogP contribution < -0.4 is 17.1 Å². The lowest BCUT2D eigenvalue weighted by Gasteiger charge is -2.46. The predicted octanol–water partition coefficient (Wildman–Crippen LogP) is 5.18. The maximum absolute atomic E-state index is 14.3. The molecule has 48 heavy (non-hydrogen) atoms. The van der Waals surface area contributed by atoms with E-state index in [9.17, 15) is 28.8 Å². The summed E-state index contributed by atoms with van der Waals surface area (Å²) in [6.45, 7) is 20.5. The quantitative estimate of drug-likeness (QED) is 0.221. The smallest absolute Gasteiger partial charge is 0.247 e. The van der Waals surface area contributed by atoms with E-state index in [1.807, 2.05) is 20.8 Å². The highest BCUT2D eigenvalue weighted by Gasteiger charge is 2.44. The highest BCUT2D eigenvalue weighted by atomic mass is 16.2. The predicted molar refractivity (Wildman–Crippen MR) is 184 cm³/mol. The monoisotopic (exact) mass is 668 g/mol. The van der Waals surface area contributed by atoms with Gasteiger partial charge in [-0.25, -0.2) is 57.4 Å². The van der Waals surface area contributed by atoms with Gasteiger partial charge in [-0.05, 0) is 84.4 Å². The Morgan fingerprint density at radius 1 is 0.708 bits per heavy atom. The van der Waals surface area contributed by atoms with Crippen LogP contribution in [0.4, 0.5) is 0 Å². The highest BCUT2D eigenvalue weighted by Crippen LogP contribution is 2.49. The molecule has 0 aliphatic heterocycles. The van der Waals surface area contributed by atoms with Gasteiger partial charge in [0.2, 0.25) is 18.2 Å². The number of aliphatic imine (C=N–C) groups is 3. The molecular formula is C36H56N6O6. The van der Waals surface area contributed by atoms with Gasteiger partial charge in [0.25, 0.3) is 0 Å². The number of isocyanates is 3. The number of nitrogens with zero attached hydrogens (tertiary/aromatic N) is 6. The van der Waals surface area contributed by atoms with Crippen molar-refractivity contribution in [3.63, 3.8) is 0 Å². The van der Waals surface area contributed by atoms with Crippen molar-refractivity contribution < 1.29 is 14.4 Å². The van der Waals surface area contributed by atoms with Gasteiger partial charge in [-0.15, -0.1) is 0 Å². The first-order valence-electron chi connectivity index (χ1n) is 17.2. The molecule has 1 heterocycles. The molecule has 0 amide bonds. The van der Waals surface area contributed by atoms with Crippen LogP contribution >= 0.6 is 0 Å². The minimum Gasteiger partial charge on any atom is -0.247 e. The van der Waals surface area contributed by atoms with E-state index in [0.29, 0.717) is 51.4 Å². The fourth-order valence-corrected chi connectivity index (χ4v) is 9.42. The molecule has 1 aromatic heterocycles. The third kappa shape index (κ3) is 10.3. The molecule has 12 heteroatoms. The minimum absolute atomic E-state index is 0.0352. The fraction of sp³-hybridized carbons (Fsp3) is 0.833. The molecule has 2 fully saturated rings. The lowest BCUT2D eigenvalue weighted by molar-refractivity contribution is 0.0582. The lowest BCUT2D eigenvalue weighted by atomic mass is 9.62. The van der Waals surface area contributed by atoms with Crippen LogP contribution in [-0.4, -0.2) is 50.1 Å². The SMILES string of the molecule is CC(CC(CC(C)(C)C)N=C=O)Cn1c(=O)n(CC2(C)CC(N=C=O)CC(C)(C)C2)c(=O)n(CC2(C)CC(N=C=O)CC(C)(C)C2)c1=O. The summed E-state index contributed by atoms with van der Waals surface area (Å²) in [5.41, 5.74) is -3.71. The van der Waals surface area contributed by atoms with Crippen molar-refractivity contribution in [2.45, 2.75) is 158 Å². The average Bonchev–Trinajstić information content (AvgIpc) is 2.89. The number of carbonyl (C=O) groups excluding carboxylic acids is 3. The Kier molecular flexibility index (Phi) is 11.8. The summed E-state index contributed by atoms with van der Waals surface area (Å²) in [6, 6.07) is -0.924. The molecule has 6 unspecified atom stereocenters. The lowest BCUT2D eigenvalue weighted by Crippen LogP contribution is -2.58. The van der Waals surface area contributed by atoms with Crippen LogP contribution in [0, 0.1) is 33.0 Å². The second-order valence-electron chi connectivity index (χ2n) is 18.5. The Balaban J connectivity index is 2.16. The molecule has 12 nitrogen and oxygen atoms in total. The first-order chi connectivity index (χ1) is 22.0. The van der Waals surface area contributed by atoms with Gasteiger partial charge in [-0.1, -0.05) is 69.2 Å².